The van der Waals surface area contributed by atoms with E-state index < -0.39 is 0 Å². The van der Waals surface area contributed by atoms with Crippen LogP contribution in [0, 0.1) is 0 Å². The van der Waals surface area contributed by atoms with Crippen molar-refractivity contribution in [2.45, 2.75) is 0 Å². The van der Waals surface area contributed by atoms with Gasteiger partial charge in [-0.15, -0.1) is 0 Å². The molecule has 0 spiro atoms. The van der Waals surface area contributed by atoms with E-state index >= 15 is 0 Å². The van der Waals surface area contributed by atoms with E-state index in [4.69, 9.17) is 11.3 Å². The van der Waals surface area contributed by atoms with Gasteiger partial charge in [0, 0.05) is 10.3 Å². The fourth-order valence-corrected chi connectivity index (χ4v) is 1.11. The number of azide groups is 1. The molecule has 2 N–H and O–H groups in total. The van der Waals surface area contributed by atoms with E-state index in [-0.39, 0.29) is 5.82 Å². The Labute approximate surface area is 79.0 Å². The Kier molecular flexibility index (Phi) is 1.89. The number of fused-ring (bicyclic) bond motifs is 1. The first-order chi connectivity index (χ1) is 6.79. The first-order valence-corrected chi connectivity index (χ1v) is 3.88. The van der Waals surface area contributed by atoms with E-state index in [1.165, 1.54) is 0 Å². The van der Waals surface area contributed by atoms with Crippen molar-refractivity contribution >= 4 is 22.7 Å². The van der Waals surface area contributed by atoms with E-state index in [2.05, 4.69) is 20.0 Å². The van der Waals surface area contributed by atoms with Crippen molar-refractivity contribution in [1.29, 1.82) is 0 Å². The van der Waals surface area contributed by atoms with Crippen LogP contribution in [0.15, 0.2) is 29.4 Å². The molecule has 0 aliphatic rings. The first kappa shape index (κ1) is 8.28. The van der Waals surface area contributed by atoms with E-state index in [0.717, 1.165) is 5.39 Å². The molecule has 0 amide bonds. The van der Waals surface area contributed by atoms with Crippen LogP contribution in [0.5, 0.6) is 0 Å². The minimum atomic E-state index is 0.290. The van der Waals surface area contributed by atoms with Gasteiger partial charge in [-0.05, 0) is 34.9 Å². The molecule has 68 valence electrons. The fourth-order valence-electron chi connectivity index (χ4n) is 1.11. The summed E-state index contributed by atoms with van der Waals surface area (Å²) < 4.78 is 0. The van der Waals surface area contributed by atoms with Gasteiger partial charge in [-0.1, -0.05) is 0 Å². The topological polar surface area (TPSA) is 101 Å². The summed E-state index contributed by atoms with van der Waals surface area (Å²) in [7, 11) is 0. The summed E-state index contributed by atoms with van der Waals surface area (Å²) in [5.74, 6) is 0.682. The summed E-state index contributed by atoms with van der Waals surface area (Å²) in [6.45, 7) is 0. The molecule has 0 aliphatic carbocycles. The molecule has 0 atom stereocenters. The summed E-state index contributed by atoms with van der Waals surface area (Å²) in [6.07, 6.45) is 0. The fraction of sp³-hybridized carbons (Fsp3) is 0. The maximum absolute atomic E-state index is 8.22. The molecule has 6 nitrogen and oxygen atoms in total. The lowest BCUT2D eigenvalue weighted by molar-refractivity contribution is 1.25. The van der Waals surface area contributed by atoms with E-state index in [0.29, 0.717) is 11.5 Å². The zero-order valence-electron chi connectivity index (χ0n) is 7.12. The van der Waals surface area contributed by atoms with Crippen LogP contribution in [-0.4, -0.2) is 9.97 Å². The van der Waals surface area contributed by atoms with Crippen LogP contribution in [0.1, 0.15) is 0 Å². The molecule has 2 rings (SSSR count). The zero-order valence-corrected chi connectivity index (χ0v) is 7.12. The molecule has 0 bridgehead atoms. The quantitative estimate of drug-likeness (QED) is 0.419. The Morgan fingerprint density at radius 2 is 2.00 bits per heavy atom. The van der Waals surface area contributed by atoms with Crippen molar-refractivity contribution in [3.05, 3.63) is 34.7 Å². The van der Waals surface area contributed by atoms with Gasteiger partial charge < -0.3 is 5.73 Å². The number of rotatable bonds is 1. The summed E-state index contributed by atoms with van der Waals surface area (Å²) in [5.41, 5.74) is 14.2. The van der Waals surface area contributed by atoms with Gasteiger partial charge in [0.1, 0.15) is 11.6 Å². The Hall–Kier alpha value is -2.33. The van der Waals surface area contributed by atoms with Crippen LogP contribution < -0.4 is 5.73 Å². The number of nitrogens with zero attached hydrogens (tertiary/aromatic N) is 5. The number of anilines is 1. The average molecular weight is 186 g/mol. The Morgan fingerprint density at radius 1 is 1.21 bits per heavy atom. The lowest BCUT2D eigenvalue weighted by Crippen LogP contribution is -1.91. The SMILES string of the molecule is [N-]=[N+]=Nc1ccc2ccc(N)nc2n1. The minimum absolute atomic E-state index is 0.290. The second-order valence-corrected chi connectivity index (χ2v) is 2.64. The van der Waals surface area contributed by atoms with Gasteiger partial charge in [0.05, 0.1) is 0 Å². The molecule has 14 heavy (non-hydrogen) atoms. The summed E-state index contributed by atoms with van der Waals surface area (Å²) in [6, 6.07) is 6.90. The Bertz CT molecular complexity index is 528. The molecule has 0 saturated heterocycles. The Balaban J connectivity index is 2.69. The summed E-state index contributed by atoms with van der Waals surface area (Å²) in [4.78, 5) is 10.7. The van der Waals surface area contributed by atoms with Crippen molar-refractivity contribution < 1.29 is 0 Å². The third-order valence-electron chi connectivity index (χ3n) is 1.71. The van der Waals surface area contributed by atoms with E-state index in [1.807, 2.05) is 6.07 Å². The monoisotopic (exact) mass is 186 g/mol. The van der Waals surface area contributed by atoms with Crippen LogP contribution in [0.4, 0.5) is 11.6 Å². The number of nitrogen functional groups attached to an aromatic ring is 1. The maximum atomic E-state index is 8.22. The van der Waals surface area contributed by atoms with Crippen LogP contribution >= 0.6 is 0 Å². The molecule has 0 unspecified atom stereocenters. The van der Waals surface area contributed by atoms with Crippen molar-refractivity contribution in [2.75, 3.05) is 5.73 Å². The molecular weight excluding hydrogens is 180 g/mol. The number of hydrogen-bond donors (Lipinski definition) is 1. The highest BCUT2D eigenvalue weighted by Crippen LogP contribution is 2.16. The van der Waals surface area contributed by atoms with Crippen LogP contribution in [0.3, 0.4) is 0 Å². The van der Waals surface area contributed by atoms with Gasteiger partial charge in [0.2, 0.25) is 0 Å². The third kappa shape index (κ3) is 1.41. The highest BCUT2D eigenvalue weighted by Gasteiger charge is 1.97. The highest BCUT2D eigenvalue weighted by atomic mass is 15.2. The van der Waals surface area contributed by atoms with Gasteiger partial charge in [0.15, 0.2) is 5.65 Å². The first-order valence-electron chi connectivity index (χ1n) is 3.88. The predicted octanol–water partition coefficient (Wildman–Crippen LogP) is 2.15. The largest absolute Gasteiger partial charge is 0.384 e. The molecule has 0 aliphatic heterocycles. The number of nitrogens with two attached hydrogens (primary N) is 1. The lowest BCUT2D eigenvalue weighted by atomic mass is 10.3. The van der Waals surface area contributed by atoms with E-state index in [1.54, 1.807) is 18.2 Å². The Morgan fingerprint density at radius 3 is 2.79 bits per heavy atom. The molecule has 2 aromatic rings. The number of aromatic nitrogens is 2. The van der Waals surface area contributed by atoms with Gasteiger partial charge in [-0.3, -0.25) is 0 Å². The molecule has 0 saturated carbocycles. The summed E-state index contributed by atoms with van der Waals surface area (Å²) in [5, 5.41) is 4.23. The maximum Gasteiger partial charge on any atom is 0.161 e. The molecule has 2 heterocycles. The molecule has 6 heteroatoms. The minimum Gasteiger partial charge on any atom is -0.384 e. The second kappa shape index (κ2) is 3.20. The van der Waals surface area contributed by atoms with Crippen molar-refractivity contribution in [2.24, 2.45) is 5.11 Å². The second-order valence-electron chi connectivity index (χ2n) is 2.64. The number of pyridine rings is 2. The smallest absolute Gasteiger partial charge is 0.161 e. The van der Waals surface area contributed by atoms with Gasteiger partial charge in [-0.25, -0.2) is 9.97 Å². The van der Waals surface area contributed by atoms with Crippen LogP contribution in [0.25, 0.3) is 21.5 Å². The zero-order chi connectivity index (χ0) is 9.97. The average Bonchev–Trinajstić information content (AvgIpc) is 2.17. The molecular formula is C8H6N6. The molecule has 0 radical (unpaired) electrons. The van der Waals surface area contributed by atoms with Crippen molar-refractivity contribution in [1.82, 2.24) is 9.97 Å². The van der Waals surface area contributed by atoms with E-state index in [9.17, 15) is 0 Å². The van der Waals surface area contributed by atoms with Crippen molar-refractivity contribution in [3.63, 3.8) is 0 Å². The standard InChI is InChI=1S/C8H6N6/c9-6-3-1-5-2-4-7(13-14-10)12-8(5)11-6/h1-4H,(H2,9,11,12). The molecule has 0 aromatic carbocycles. The highest BCUT2D eigenvalue weighted by molar-refractivity contribution is 5.77. The van der Waals surface area contributed by atoms with Crippen LogP contribution in [0.2, 0.25) is 0 Å². The lowest BCUT2D eigenvalue weighted by Gasteiger charge is -1.97. The van der Waals surface area contributed by atoms with Gasteiger partial charge in [-0.2, -0.15) is 0 Å². The van der Waals surface area contributed by atoms with Gasteiger partial charge >= 0.3 is 0 Å². The normalized spacial score (nSPS) is 9.71. The third-order valence-corrected chi connectivity index (χ3v) is 1.71. The van der Waals surface area contributed by atoms with Crippen molar-refractivity contribution in [3.8, 4) is 0 Å². The van der Waals surface area contributed by atoms with Crippen LogP contribution in [-0.2, 0) is 0 Å². The number of hydrogen-bond acceptors (Lipinski definition) is 4. The van der Waals surface area contributed by atoms with Gasteiger partial charge in [0.25, 0.3) is 0 Å². The predicted molar refractivity (Wildman–Crippen MR) is 52.8 cm³/mol. The molecule has 0 fully saturated rings. The summed E-state index contributed by atoms with van der Waals surface area (Å²) >= 11 is 0. The molecule has 2 aromatic heterocycles.